The molecule has 0 radical (unpaired) electrons. The number of aldehydes is 1. The van der Waals surface area contributed by atoms with E-state index < -0.39 is 0 Å². The number of aromatic nitrogens is 2. The van der Waals surface area contributed by atoms with Crippen LogP contribution in [0.4, 0.5) is 5.82 Å². The van der Waals surface area contributed by atoms with Gasteiger partial charge in [0.2, 0.25) is 0 Å². The van der Waals surface area contributed by atoms with Gasteiger partial charge in [-0.2, -0.15) is 0 Å². The van der Waals surface area contributed by atoms with Crippen LogP contribution in [0.15, 0.2) is 42.0 Å². The third kappa shape index (κ3) is 3.97. The Kier molecular flexibility index (Phi) is 5.75. The summed E-state index contributed by atoms with van der Waals surface area (Å²) in [5.74, 6) is 1.75. The smallest absolute Gasteiger partial charge is 0.141 e. The molecule has 156 valence electrons. The van der Waals surface area contributed by atoms with Gasteiger partial charge in [-0.25, -0.2) is 9.97 Å². The van der Waals surface area contributed by atoms with E-state index in [4.69, 9.17) is 4.98 Å². The Morgan fingerprint density at radius 2 is 1.97 bits per heavy atom. The number of anilines is 1. The summed E-state index contributed by atoms with van der Waals surface area (Å²) < 4.78 is 0. The molecule has 1 N–H and O–H groups in total. The number of piperidine rings is 1. The van der Waals surface area contributed by atoms with E-state index in [9.17, 15) is 4.79 Å². The minimum atomic E-state index is -0.0110. The largest absolute Gasteiger partial charge is 0.356 e. The van der Waals surface area contributed by atoms with Crippen LogP contribution >= 0.6 is 11.3 Å². The van der Waals surface area contributed by atoms with Gasteiger partial charge in [0.25, 0.3) is 0 Å². The molecule has 7 heteroatoms. The molecule has 2 fully saturated rings. The fraction of sp³-hybridized carbons (Fsp3) is 0.435. The van der Waals surface area contributed by atoms with Crippen molar-refractivity contribution < 1.29 is 4.79 Å². The molecule has 0 spiro atoms. The highest BCUT2D eigenvalue weighted by atomic mass is 32.1. The Bertz CT molecular complexity index is 999. The molecule has 1 unspecified atom stereocenters. The summed E-state index contributed by atoms with van der Waals surface area (Å²) in [6.07, 6.45) is 5.06. The van der Waals surface area contributed by atoms with E-state index in [-0.39, 0.29) is 6.04 Å². The van der Waals surface area contributed by atoms with Crippen LogP contribution in [0.2, 0.25) is 0 Å². The van der Waals surface area contributed by atoms with E-state index in [0.717, 1.165) is 69.0 Å². The average molecular weight is 422 g/mol. The zero-order valence-electron chi connectivity index (χ0n) is 17.0. The molecule has 0 saturated carbocycles. The second-order valence-electron chi connectivity index (χ2n) is 8.28. The Balaban J connectivity index is 1.31. The van der Waals surface area contributed by atoms with Gasteiger partial charge in [0.1, 0.15) is 23.3 Å². The lowest BCUT2D eigenvalue weighted by atomic mass is 9.95. The highest BCUT2D eigenvalue weighted by Gasteiger charge is 2.26. The van der Waals surface area contributed by atoms with Gasteiger partial charge in [-0.15, -0.1) is 11.3 Å². The summed E-state index contributed by atoms with van der Waals surface area (Å²) in [7, 11) is 0. The van der Waals surface area contributed by atoms with Crippen molar-refractivity contribution in [3.8, 4) is 11.1 Å². The highest BCUT2D eigenvalue weighted by Crippen LogP contribution is 2.38. The molecule has 5 rings (SSSR count). The Morgan fingerprint density at radius 1 is 1.13 bits per heavy atom. The van der Waals surface area contributed by atoms with Gasteiger partial charge in [-0.05, 0) is 24.3 Å². The summed E-state index contributed by atoms with van der Waals surface area (Å²) in [5.41, 5.74) is 2.45. The minimum Gasteiger partial charge on any atom is -0.356 e. The van der Waals surface area contributed by atoms with Gasteiger partial charge in [0, 0.05) is 50.2 Å². The number of piperazine rings is 1. The Morgan fingerprint density at radius 3 is 2.77 bits per heavy atom. The molecule has 2 aliphatic heterocycles. The number of hydrogen-bond acceptors (Lipinski definition) is 7. The van der Waals surface area contributed by atoms with Crippen LogP contribution in [-0.2, 0) is 4.79 Å². The first kappa shape index (κ1) is 19.6. The first-order valence-electron chi connectivity index (χ1n) is 10.8. The third-order valence-corrected chi connectivity index (χ3v) is 7.21. The molecule has 1 aromatic carbocycles. The lowest BCUT2D eigenvalue weighted by Crippen LogP contribution is -2.53. The standard InChI is InChI=1S/C23H27N5OS/c29-14-19-13-27(11-8-24-19)12-17-6-9-28(10-7-17)22-21-20(18-4-2-1-3-5-18)15-30-23(21)26-16-25-22/h1-5,14-17,19,24H,6-13H2. The molecule has 30 heavy (non-hydrogen) atoms. The van der Waals surface area contributed by atoms with E-state index in [1.54, 1.807) is 17.7 Å². The van der Waals surface area contributed by atoms with Gasteiger partial charge in [-0.1, -0.05) is 30.3 Å². The molecule has 1 atom stereocenters. The van der Waals surface area contributed by atoms with Gasteiger partial charge in [0.05, 0.1) is 11.4 Å². The van der Waals surface area contributed by atoms with Crippen molar-refractivity contribution in [1.29, 1.82) is 0 Å². The average Bonchev–Trinajstić information content (AvgIpc) is 3.25. The first-order chi connectivity index (χ1) is 14.8. The van der Waals surface area contributed by atoms with Crippen LogP contribution in [0, 0.1) is 5.92 Å². The van der Waals surface area contributed by atoms with Gasteiger partial charge >= 0.3 is 0 Å². The Labute approximate surface area is 180 Å². The number of nitrogens with one attached hydrogen (secondary N) is 1. The molecule has 6 nitrogen and oxygen atoms in total. The minimum absolute atomic E-state index is 0.0110. The third-order valence-electron chi connectivity index (χ3n) is 6.32. The summed E-state index contributed by atoms with van der Waals surface area (Å²) in [6, 6.07) is 10.5. The fourth-order valence-electron chi connectivity index (χ4n) is 4.72. The fourth-order valence-corrected chi connectivity index (χ4v) is 5.63. The van der Waals surface area contributed by atoms with Crippen molar-refractivity contribution in [2.24, 2.45) is 5.92 Å². The van der Waals surface area contributed by atoms with Crippen molar-refractivity contribution in [3.63, 3.8) is 0 Å². The monoisotopic (exact) mass is 421 g/mol. The highest BCUT2D eigenvalue weighted by molar-refractivity contribution is 7.17. The van der Waals surface area contributed by atoms with Crippen LogP contribution in [0.3, 0.4) is 0 Å². The van der Waals surface area contributed by atoms with E-state index in [1.165, 1.54) is 16.5 Å². The number of carbonyl (C=O) groups excluding carboxylic acids is 1. The normalized spacial score (nSPS) is 21.2. The van der Waals surface area contributed by atoms with Gasteiger partial charge in [-0.3, -0.25) is 4.90 Å². The van der Waals surface area contributed by atoms with Crippen LogP contribution < -0.4 is 10.2 Å². The topological polar surface area (TPSA) is 61.4 Å². The zero-order chi connectivity index (χ0) is 20.3. The lowest BCUT2D eigenvalue weighted by molar-refractivity contribution is -0.110. The Hall–Kier alpha value is -2.35. The maximum atomic E-state index is 11.1. The van der Waals surface area contributed by atoms with Crippen molar-refractivity contribution >= 4 is 33.7 Å². The summed E-state index contributed by atoms with van der Waals surface area (Å²) in [5, 5.41) is 6.66. The van der Waals surface area contributed by atoms with Gasteiger partial charge < -0.3 is 15.0 Å². The van der Waals surface area contributed by atoms with Gasteiger partial charge in [0.15, 0.2) is 0 Å². The number of nitrogens with zero attached hydrogens (tertiary/aromatic N) is 4. The molecular weight excluding hydrogens is 394 g/mol. The zero-order valence-corrected chi connectivity index (χ0v) is 17.9. The van der Waals surface area contributed by atoms with E-state index in [1.807, 2.05) is 0 Å². The molecule has 0 bridgehead atoms. The molecule has 3 aromatic rings. The van der Waals surface area contributed by atoms with Crippen LogP contribution in [0.1, 0.15) is 12.8 Å². The van der Waals surface area contributed by atoms with Crippen LogP contribution in [0.25, 0.3) is 21.3 Å². The number of benzene rings is 1. The number of carbonyl (C=O) groups is 1. The maximum absolute atomic E-state index is 11.1. The van der Waals surface area contributed by atoms with Crippen LogP contribution in [-0.4, -0.2) is 66.5 Å². The van der Waals surface area contributed by atoms with E-state index >= 15 is 0 Å². The van der Waals surface area contributed by atoms with Crippen LogP contribution in [0.5, 0.6) is 0 Å². The SMILES string of the molecule is O=CC1CN(CC2CCN(c3ncnc4scc(-c5ccccc5)c34)CC2)CCN1. The van der Waals surface area contributed by atoms with E-state index in [2.05, 4.69) is 55.8 Å². The summed E-state index contributed by atoms with van der Waals surface area (Å²) in [6.45, 7) is 5.90. The van der Waals surface area contributed by atoms with Crippen molar-refractivity contribution in [2.45, 2.75) is 18.9 Å². The number of hydrogen-bond donors (Lipinski definition) is 1. The number of fused-ring (bicyclic) bond motifs is 1. The maximum Gasteiger partial charge on any atom is 0.141 e. The molecule has 2 saturated heterocycles. The molecule has 0 amide bonds. The number of thiophene rings is 1. The molecule has 0 aliphatic carbocycles. The van der Waals surface area contributed by atoms with Crippen molar-refractivity contribution in [3.05, 3.63) is 42.0 Å². The molecule has 4 heterocycles. The first-order valence-corrected chi connectivity index (χ1v) is 11.6. The molecular formula is C23H27N5OS. The lowest BCUT2D eigenvalue weighted by Gasteiger charge is -2.38. The second kappa shape index (κ2) is 8.79. The van der Waals surface area contributed by atoms with E-state index in [0.29, 0.717) is 5.92 Å². The molecule has 2 aromatic heterocycles. The predicted octanol–water partition coefficient (Wildman–Crippen LogP) is 3.05. The summed E-state index contributed by atoms with van der Waals surface area (Å²) >= 11 is 1.69. The van der Waals surface area contributed by atoms with Crippen molar-refractivity contribution in [1.82, 2.24) is 20.2 Å². The van der Waals surface area contributed by atoms with Crippen molar-refractivity contribution in [2.75, 3.05) is 44.2 Å². The second-order valence-corrected chi connectivity index (χ2v) is 9.14. The number of rotatable bonds is 5. The quantitative estimate of drug-likeness (QED) is 0.639. The predicted molar refractivity (Wildman–Crippen MR) is 122 cm³/mol. The molecule has 2 aliphatic rings. The summed E-state index contributed by atoms with van der Waals surface area (Å²) in [4.78, 5) is 26.3.